The topological polar surface area (TPSA) is 108 Å². The van der Waals surface area contributed by atoms with Gasteiger partial charge in [0.25, 0.3) is 5.91 Å². The molecule has 2 aliphatic heterocycles. The standard InChI is InChI=1S/C23H32N4O5/c1-2-3-14-32-21(29)15-19-22(30)24-10-13-27(19)20(28)16-25-18-8-6-17(7-9-18)23(31)26-11-4-5-12-26/h6-9,19,25H,2-5,10-16H2,1H3,(H,24,30). The molecule has 0 radical (unpaired) electrons. The SMILES string of the molecule is CCCCOC(=O)CC1C(=O)NCCN1C(=O)CNc1ccc(C(=O)N2CCCC2)cc1. The van der Waals surface area contributed by atoms with Crippen LogP contribution in [0.3, 0.4) is 0 Å². The summed E-state index contributed by atoms with van der Waals surface area (Å²) in [7, 11) is 0. The van der Waals surface area contributed by atoms with Crippen LogP contribution >= 0.6 is 0 Å². The van der Waals surface area contributed by atoms with Gasteiger partial charge in [-0.3, -0.25) is 19.2 Å². The van der Waals surface area contributed by atoms with Crippen LogP contribution in [0.4, 0.5) is 5.69 Å². The molecule has 1 unspecified atom stereocenters. The van der Waals surface area contributed by atoms with E-state index in [1.807, 2.05) is 11.8 Å². The predicted octanol–water partition coefficient (Wildman–Crippen LogP) is 1.39. The second-order valence-corrected chi connectivity index (χ2v) is 8.10. The Kier molecular flexibility index (Phi) is 8.47. The Labute approximate surface area is 188 Å². The van der Waals surface area contributed by atoms with Gasteiger partial charge >= 0.3 is 5.97 Å². The Hall–Kier alpha value is -3.10. The second kappa shape index (κ2) is 11.5. The number of nitrogens with one attached hydrogen (secondary N) is 2. The van der Waals surface area contributed by atoms with E-state index in [-0.39, 0.29) is 30.7 Å². The molecule has 2 aliphatic rings. The molecule has 1 aromatic rings. The van der Waals surface area contributed by atoms with Crippen LogP contribution in [-0.4, -0.2) is 78.9 Å². The lowest BCUT2D eigenvalue weighted by Crippen LogP contribution is -2.58. The zero-order chi connectivity index (χ0) is 22.9. The molecule has 0 spiro atoms. The number of piperazine rings is 1. The van der Waals surface area contributed by atoms with Gasteiger partial charge in [-0.15, -0.1) is 0 Å². The molecule has 0 aliphatic carbocycles. The number of hydrogen-bond donors (Lipinski definition) is 2. The Morgan fingerprint density at radius 1 is 1.12 bits per heavy atom. The summed E-state index contributed by atoms with van der Waals surface area (Å²) < 4.78 is 5.15. The van der Waals surface area contributed by atoms with Gasteiger partial charge in [-0.05, 0) is 43.5 Å². The molecule has 0 aromatic heterocycles. The molecule has 9 nitrogen and oxygen atoms in total. The van der Waals surface area contributed by atoms with Gasteiger partial charge in [0.05, 0.1) is 19.6 Å². The quantitative estimate of drug-likeness (QED) is 0.440. The number of amides is 3. The maximum atomic E-state index is 12.8. The van der Waals surface area contributed by atoms with Crippen LogP contribution < -0.4 is 10.6 Å². The number of carbonyl (C=O) groups is 4. The third-order valence-corrected chi connectivity index (χ3v) is 5.74. The lowest BCUT2D eigenvalue weighted by Gasteiger charge is -2.34. The van der Waals surface area contributed by atoms with Crippen LogP contribution in [-0.2, 0) is 19.1 Å². The fourth-order valence-corrected chi connectivity index (χ4v) is 3.88. The van der Waals surface area contributed by atoms with E-state index >= 15 is 0 Å². The van der Waals surface area contributed by atoms with Gasteiger partial charge in [0, 0.05) is 37.4 Å². The molecule has 0 bridgehead atoms. The summed E-state index contributed by atoms with van der Waals surface area (Å²) >= 11 is 0. The Balaban J connectivity index is 1.53. The first-order valence-corrected chi connectivity index (χ1v) is 11.4. The van der Waals surface area contributed by atoms with E-state index in [1.165, 1.54) is 4.90 Å². The first-order chi connectivity index (χ1) is 15.5. The fourth-order valence-electron chi connectivity index (χ4n) is 3.88. The molecule has 2 saturated heterocycles. The van der Waals surface area contributed by atoms with E-state index in [0.717, 1.165) is 38.8 Å². The Morgan fingerprint density at radius 2 is 1.84 bits per heavy atom. The average Bonchev–Trinajstić information content (AvgIpc) is 3.34. The number of benzene rings is 1. The highest BCUT2D eigenvalue weighted by Gasteiger charge is 2.35. The summed E-state index contributed by atoms with van der Waals surface area (Å²) in [6.07, 6.45) is 3.59. The van der Waals surface area contributed by atoms with E-state index < -0.39 is 12.0 Å². The first-order valence-electron chi connectivity index (χ1n) is 11.4. The molecule has 0 saturated carbocycles. The Morgan fingerprint density at radius 3 is 2.53 bits per heavy atom. The molecule has 1 aromatic carbocycles. The number of carbonyl (C=O) groups excluding carboxylic acids is 4. The summed E-state index contributed by atoms with van der Waals surface area (Å²) in [6, 6.07) is 6.16. The van der Waals surface area contributed by atoms with Crippen LogP contribution in [0.5, 0.6) is 0 Å². The summed E-state index contributed by atoms with van der Waals surface area (Å²) in [4.78, 5) is 52.9. The monoisotopic (exact) mass is 444 g/mol. The zero-order valence-corrected chi connectivity index (χ0v) is 18.6. The zero-order valence-electron chi connectivity index (χ0n) is 18.6. The number of likely N-dealkylation sites (tertiary alicyclic amines) is 1. The molecular formula is C23H32N4O5. The van der Waals surface area contributed by atoms with Crippen molar-refractivity contribution in [1.29, 1.82) is 0 Å². The normalized spacial score (nSPS) is 18.3. The molecule has 9 heteroatoms. The minimum absolute atomic E-state index is 0.0198. The van der Waals surface area contributed by atoms with E-state index in [4.69, 9.17) is 4.74 Å². The molecule has 2 N–H and O–H groups in total. The van der Waals surface area contributed by atoms with Crippen molar-refractivity contribution in [2.45, 2.75) is 45.1 Å². The minimum atomic E-state index is -0.868. The molecule has 32 heavy (non-hydrogen) atoms. The van der Waals surface area contributed by atoms with Gasteiger partial charge < -0.3 is 25.2 Å². The van der Waals surface area contributed by atoms with Crippen molar-refractivity contribution in [3.05, 3.63) is 29.8 Å². The van der Waals surface area contributed by atoms with Gasteiger partial charge in [0.15, 0.2) is 0 Å². The van der Waals surface area contributed by atoms with Gasteiger partial charge in [-0.1, -0.05) is 13.3 Å². The highest BCUT2D eigenvalue weighted by molar-refractivity contribution is 5.95. The average molecular weight is 445 g/mol. The van der Waals surface area contributed by atoms with Gasteiger partial charge in [0.1, 0.15) is 6.04 Å². The van der Waals surface area contributed by atoms with Crippen LogP contribution in [0.2, 0.25) is 0 Å². The lowest BCUT2D eigenvalue weighted by molar-refractivity contribution is -0.151. The van der Waals surface area contributed by atoms with Gasteiger partial charge in [-0.2, -0.15) is 0 Å². The highest BCUT2D eigenvalue weighted by atomic mass is 16.5. The third-order valence-electron chi connectivity index (χ3n) is 5.74. The molecule has 174 valence electrons. The van der Waals surface area contributed by atoms with Crippen molar-refractivity contribution in [3.63, 3.8) is 0 Å². The number of unbranched alkanes of at least 4 members (excludes halogenated alkanes) is 1. The third kappa shape index (κ3) is 6.21. The maximum Gasteiger partial charge on any atom is 0.308 e. The van der Waals surface area contributed by atoms with Crippen molar-refractivity contribution in [1.82, 2.24) is 15.1 Å². The van der Waals surface area contributed by atoms with E-state index in [2.05, 4.69) is 10.6 Å². The van der Waals surface area contributed by atoms with E-state index in [9.17, 15) is 19.2 Å². The minimum Gasteiger partial charge on any atom is -0.466 e. The molecule has 3 amide bonds. The largest absolute Gasteiger partial charge is 0.466 e. The van der Waals surface area contributed by atoms with Crippen molar-refractivity contribution in [3.8, 4) is 0 Å². The summed E-state index contributed by atoms with van der Waals surface area (Å²) in [5, 5.41) is 5.75. The van der Waals surface area contributed by atoms with Crippen molar-refractivity contribution in [2.24, 2.45) is 0 Å². The lowest BCUT2D eigenvalue weighted by atomic mass is 10.1. The number of ether oxygens (including phenoxy) is 1. The summed E-state index contributed by atoms with van der Waals surface area (Å²) in [5.41, 5.74) is 1.33. The van der Waals surface area contributed by atoms with E-state index in [1.54, 1.807) is 24.3 Å². The number of esters is 1. The Bertz CT molecular complexity index is 820. The number of nitrogens with zero attached hydrogens (tertiary/aromatic N) is 2. The summed E-state index contributed by atoms with van der Waals surface area (Å²) in [6.45, 7) is 4.56. The summed E-state index contributed by atoms with van der Waals surface area (Å²) in [5.74, 6) is -1.08. The van der Waals surface area contributed by atoms with Crippen LogP contribution in [0, 0.1) is 0 Å². The number of anilines is 1. The first kappa shape index (κ1) is 23.6. The van der Waals surface area contributed by atoms with Crippen LogP contribution in [0.25, 0.3) is 0 Å². The second-order valence-electron chi connectivity index (χ2n) is 8.10. The van der Waals surface area contributed by atoms with Gasteiger partial charge in [-0.25, -0.2) is 0 Å². The van der Waals surface area contributed by atoms with Crippen molar-refractivity contribution >= 4 is 29.4 Å². The molecule has 1 atom stereocenters. The molecule has 2 fully saturated rings. The highest BCUT2D eigenvalue weighted by Crippen LogP contribution is 2.16. The molecule has 2 heterocycles. The number of rotatable bonds is 9. The smallest absolute Gasteiger partial charge is 0.308 e. The van der Waals surface area contributed by atoms with Crippen LogP contribution in [0.1, 0.15) is 49.4 Å². The van der Waals surface area contributed by atoms with Crippen molar-refractivity contribution < 1.29 is 23.9 Å². The molecule has 3 rings (SSSR count). The maximum absolute atomic E-state index is 12.8. The van der Waals surface area contributed by atoms with Gasteiger partial charge in [0.2, 0.25) is 11.8 Å². The number of hydrogen-bond acceptors (Lipinski definition) is 6. The van der Waals surface area contributed by atoms with Crippen LogP contribution in [0.15, 0.2) is 24.3 Å². The molecular weight excluding hydrogens is 412 g/mol. The van der Waals surface area contributed by atoms with E-state index in [0.29, 0.717) is 30.9 Å². The fraction of sp³-hybridized carbons (Fsp3) is 0.565. The predicted molar refractivity (Wildman–Crippen MR) is 119 cm³/mol. The van der Waals surface area contributed by atoms with Crippen molar-refractivity contribution in [2.75, 3.05) is 44.6 Å².